The highest BCUT2D eigenvalue weighted by Gasteiger charge is 2.15. The average Bonchev–Trinajstić information content (AvgIpc) is 2.32. The molecule has 0 aliphatic heterocycles. The van der Waals surface area contributed by atoms with E-state index in [2.05, 4.69) is 0 Å². The van der Waals surface area contributed by atoms with Gasteiger partial charge in [0.2, 0.25) is 0 Å². The van der Waals surface area contributed by atoms with E-state index in [1.165, 1.54) is 0 Å². The zero-order valence-electron chi connectivity index (χ0n) is 11.2. The lowest BCUT2D eigenvalue weighted by molar-refractivity contribution is 0.466. The number of aryl methyl sites for hydroxylation is 3. The van der Waals surface area contributed by atoms with Crippen LogP contribution < -0.4 is 0 Å². The van der Waals surface area contributed by atoms with Gasteiger partial charge in [-0.25, -0.2) is 0 Å². The minimum absolute atomic E-state index is 0.284. The fraction of sp³-hybridized carbons (Fsp3) is 0.250. The molecule has 0 spiro atoms. The summed E-state index contributed by atoms with van der Waals surface area (Å²) in [7, 11) is 0. The van der Waals surface area contributed by atoms with Crippen molar-refractivity contribution in [3.8, 4) is 22.6 Å². The summed E-state index contributed by atoms with van der Waals surface area (Å²) in [5.74, 6) is 0.587. The normalized spacial score (nSPS) is 10.7. The number of aromatic hydroxyl groups is 2. The van der Waals surface area contributed by atoms with Gasteiger partial charge in [-0.15, -0.1) is 0 Å². The van der Waals surface area contributed by atoms with Crippen molar-refractivity contribution in [3.05, 3.63) is 46.5 Å². The Hall–Kier alpha value is -1.96. The van der Waals surface area contributed by atoms with Crippen molar-refractivity contribution in [2.24, 2.45) is 0 Å². The molecule has 0 unspecified atom stereocenters. The summed E-state index contributed by atoms with van der Waals surface area (Å²) in [4.78, 5) is 0. The van der Waals surface area contributed by atoms with Crippen molar-refractivity contribution in [1.82, 2.24) is 0 Å². The van der Waals surface area contributed by atoms with Crippen LogP contribution in [0.4, 0.5) is 0 Å². The van der Waals surface area contributed by atoms with Gasteiger partial charge in [-0.1, -0.05) is 24.3 Å². The van der Waals surface area contributed by atoms with Gasteiger partial charge >= 0.3 is 0 Å². The lowest BCUT2D eigenvalue weighted by atomic mass is 9.91. The minimum Gasteiger partial charge on any atom is -0.507 e. The van der Waals surface area contributed by atoms with E-state index in [-0.39, 0.29) is 5.75 Å². The van der Waals surface area contributed by atoms with E-state index in [1.807, 2.05) is 52.0 Å². The molecule has 2 nitrogen and oxygen atoms in total. The molecule has 2 N–H and O–H groups in total. The number of benzene rings is 2. The van der Waals surface area contributed by atoms with Gasteiger partial charge in [-0.2, -0.15) is 0 Å². The zero-order valence-corrected chi connectivity index (χ0v) is 11.2. The summed E-state index contributed by atoms with van der Waals surface area (Å²) >= 11 is 0. The largest absolute Gasteiger partial charge is 0.507 e. The molecule has 2 rings (SSSR count). The van der Waals surface area contributed by atoms with Gasteiger partial charge < -0.3 is 10.2 Å². The molecule has 2 aromatic rings. The molecule has 0 heterocycles. The maximum absolute atomic E-state index is 10.2. The maximum atomic E-state index is 10.2. The van der Waals surface area contributed by atoms with E-state index >= 15 is 0 Å². The zero-order chi connectivity index (χ0) is 13.4. The number of hydrogen-bond acceptors (Lipinski definition) is 2. The van der Waals surface area contributed by atoms with E-state index in [0.29, 0.717) is 5.75 Å². The summed E-state index contributed by atoms with van der Waals surface area (Å²) < 4.78 is 0. The van der Waals surface area contributed by atoms with Gasteiger partial charge in [0.05, 0.1) is 0 Å². The molecule has 0 radical (unpaired) electrons. The highest BCUT2D eigenvalue weighted by atomic mass is 16.3. The summed E-state index contributed by atoms with van der Waals surface area (Å²) in [5.41, 5.74) is 5.27. The van der Waals surface area contributed by atoms with Crippen LogP contribution in [-0.4, -0.2) is 10.2 Å². The molecule has 0 atom stereocenters. The van der Waals surface area contributed by atoms with Crippen molar-refractivity contribution < 1.29 is 10.2 Å². The topological polar surface area (TPSA) is 40.5 Å². The Kier molecular flexibility index (Phi) is 3.04. The van der Waals surface area contributed by atoms with Gasteiger partial charge in [0.25, 0.3) is 0 Å². The average molecular weight is 242 g/mol. The first kappa shape index (κ1) is 12.5. The molecule has 0 amide bonds. The Bertz CT molecular complexity index is 613. The molecule has 0 saturated carbocycles. The van der Waals surface area contributed by atoms with E-state index in [1.54, 1.807) is 0 Å². The summed E-state index contributed by atoms with van der Waals surface area (Å²) in [6.07, 6.45) is 0. The highest BCUT2D eigenvalue weighted by Crippen LogP contribution is 2.39. The molecular weight excluding hydrogens is 224 g/mol. The van der Waals surface area contributed by atoms with Gasteiger partial charge in [0.1, 0.15) is 11.5 Å². The monoisotopic (exact) mass is 242 g/mol. The Morgan fingerprint density at radius 2 is 1.44 bits per heavy atom. The first-order valence-corrected chi connectivity index (χ1v) is 6.02. The van der Waals surface area contributed by atoms with E-state index in [4.69, 9.17) is 0 Å². The second-order valence-electron chi connectivity index (χ2n) is 4.83. The third-order valence-electron chi connectivity index (χ3n) is 3.44. The second kappa shape index (κ2) is 4.37. The maximum Gasteiger partial charge on any atom is 0.126 e. The quantitative estimate of drug-likeness (QED) is 0.793. The number of phenols is 2. The summed E-state index contributed by atoms with van der Waals surface area (Å²) in [6, 6.07) is 7.61. The molecular formula is C16H18O2. The van der Waals surface area contributed by atoms with Gasteiger partial charge in [0.15, 0.2) is 0 Å². The van der Waals surface area contributed by atoms with Gasteiger partial charge in [-0.05, 0) is 55.5 Å². The van der Waals surface area contributed by atoms with Crippen LogP contribution in [0.2, 0.25) is 0 Å². The van der Waals surface area contributed by atoms with Crippen molar-refractivity contribution in [1.29, 1.82) is 0 Å². The Morgan fingerprint density at radius 3 is 2.11 bits per heavy atom. The Balaban J connectivity index is 2.80. The molecule has 0 aliphatic rings. The van der Waals surface area contributed by atoms with Crippen LogP contribution >= 0.6 is 0 Å². The van der Waals surface area contributed by atoms with Crippen LogP contribution in [0.15, 0.2) is 24.3 Å². The van der Waals surface area contributed by atoms with Crippen LogP contribution in [0.25, 0.3) is 11.1 Å². The Morgan fingerprint density at radius 1 is 0.778 bits per heavy atom. The van der Waals surface area contributed by atoms with E-state index in [9.17, 15) is 10.2 Å². The predicted molar refractivity (Wildman–Crippen MR) is 74.2 cm³/mol. The van der Waals surface area contributed by atoms with Crippen LogP contribution in [0.1, 0.15) is 22.3 Å². The highest BCUT2D eigenvalue weighted by molar-refractivity contribution is 5.79. The summed E-state index contributed by atoms with van der Waals surface area (Å²) in [5, 5.41) is 20.2. The smallest absolute Gasteiger partial charge is 0.126 e. The van der Waals surface area contributed by atoms with E-state index < -0.39 is 0 Å². The standard InChI is InChI=1S/C16H18O2/c1-9-6-5-7-13(16(9)18)14-10(2)8-11(3)15(17)12(14)4/h5-8,17-18H,1-4H3. The van der Waals surface area contributed by atoms with Crippen LogP contribution in [0, 0.1) is 27.7 Å². The summed E-state index contributed by atoms with van der Waals surface area (Å²) in [6.45, 7) is 7.63. The number of para-hydroxylation sites is 1. The first-order valence-electron chi connectivity index (χ1n) is 6.02. The number of rotatable bonds is 1. The van der Waals surface area contributed by atoms with E-state index in [0.717, 1.165) is 33.4 Å². The van der Waals surface area contributed by atoms with Crippen molar-refractivity contribution in [2.75, 3.05) is 0 Å². The van der Waals surface area contributed by atoms with Crippen LogP contribution in [-0.2, 0) is 0 Å². The molecule has 2 aromatic carbocycles. The molecule has 18 heavy (non-hydrogen) atoms. The van der Waals surface area contributed by atoms with Crippen LogP contribution in [0.5, 0.6) is 11.5 Å². The third kappa shape index (κ3) is 1.84. The van der Waals surface area contributed by atoms with Gasteiger partial charge in [-0.3, -0.25) is 0 Å². The van der Waals surface area contributed by atoms with Crippen molar-refractivity contribution in [2.45, 2.75) is 27.7 Å². The lowest BCUT2D eigenvalue weighted by Crippen LogP contribution is -1.93. The molecule has 94 valence electrons. The first-order chi connectivity index (χ1) is 8.43. The van der Waals surface area contributed by atoms with Gasteiger partial charge in [0, 0.05) is 5.56 Å². The minimum atomic E-state index is 0.284. The second-order valence-corrected chi connectivity index (χ2v) is 4.83. The molecule has 0 aromatic heterocycles. The molecule has 0 bridgehead atoms. The Labute approximate surface area is 108 Å². The molecule has 2 heteroatoms. The fourth-order valence-corrected chi connectivity index (χ4v) is 2.45. The van der Waals surface area contributed by atoms with Crippen molar-refractivity contribution in [3.63, 3.8) is 0 Å². The SMILES string of the molecule is Cc1cccc(-c2c(C)cc(C)c(O)c2C)c1O. The molecule has 0 saturated heterocycles. The van der Waals surface area contributed by atoms with Crippen LogP contribution in [0.3, 0.4) is 0 Å². The number of phenolic OH excluding ortho intramolecular Hbond substituents is 2. The molecule has 0 aliphatic carbocycles. The third-order valence-corrected chi connectivity index (χ3v) is 3.44. The lowest BCUT2D eigenvalue weighted by Gasteiger charge is -2.16. The number of hydrogen-bond donors (Lipinski definition) is 2. The fourth-order valence-electron chi connectivity index (χ4n) is 2.45. The predicted octanol–water partition coefficient (Wildman–Crippen LogP) is 4.00. The van der Waals surface area contributed by atoms with Crippen molar-refractivity contribution >= 4 is 0 Å². The molecule has 0 fully saturated rings.